The molecule has 2 aromatic carbocycles. The molecule has 0 saturated heterocycles. The van der Waals surface area contributed by atoms with Crippen LogP contribution in [0.1, 0.15) is 23.6 Å². The van der Waals surface area contributed by atoms with E-state index in [2.05, 4.69) is 78.1 Å². The second-order valence-electron chi connectivity index (χ2n) is 5.85. The first kappa shape index (κ1) is 13.2. The van der Waals surface area contributed by atoms with Crippen LogP contribution in [0, 0.1) is 6.92 Å². The lowest BCUT2D eigenvalue weighted by molar-refractivity contribution is 0.738. The maximum absolute atomic E-state index is 4.20. The van der Waals surface area contributed by atoms with Crippen molar-refractivity contribution in [3.05, 3.63) is 79.0 Å². The van der Waals surface area contributed by atoms with Crippen LogP contribution >= 0.6 is 0 Å². The second kappa shape index (κ2) is 5.06. The van der Waals surface area contributed by atoms with Gasteiger partial charge in [-0.05, 0) is 53.1 Å². The van der Waals surface area contributed by atoms with E-state index < -0.39 is 0 Å². The molecule has 1 unspecified atom stereocenters. The summed E-state index contributed by atoms with van der Waals surface area (Å²) in [5.74, 6) is 0.316. The Hall–Kier alpha value is -2.48. The first-order valence-corrected chi connectivity index (χ1v) is 7.68. The number of rotatable bonds is 3. The predicted molar refractivity (Wildman–Crippen MR) is 93.0 cm³/mol. The second-order valence-corrected chi connectivity index (χ2v) is 5.85. The number of para-hydroxylation sites is 1. The van der Waals surface area contributed by atoms with Gasteiger partial charge in [0.25, 0.3) is 0 Å². The van der Waals surface area contributed by atoms with Crippen molar-refractivity contribution in [2.75, 3.05) is 0 Å². The van der Waals surface area contributed by atoms with Crippen LogP contribution in [0.3, 0.4) is 0 Å². The first-order valence-electron chi connectivity index (χ1n) is 7.68. The van der Waals surface area contributed by atoms with Gasteiger partial charge in [0.2, 0.25) is 0 Å². The number of hydrogen-bond acceptors (Lipinski definition) is 0. The highest BCUT2D eigenvalue weighted by molar-refractivity contribution is 5.82. The van der Waals surface area contributed by atoms with E-state index in [1.807, 2.05) is 6.20 Å². The van der Waals surface area contributed by atoms with Gasteiger partial charge >= 0.3 is 0 Å². The lowest BCUT2D eigenvalue weighted by Crippen LogP contribution is -2.05. The zero-order chi connectivity index (χ0) is 15.1. The molecule has 22 heavy (non-hydrogen) atoms. The number of nitrogens with zero attached hydrogens (tertiary/aromatic N) is 1. The quantitative estimate of drug-likeness (QED) is 0.546. The van der Waals surface area contributed by atoms with E-state index in [9.17, 15) is 0 Å². The van der Waals surface area contributed by atoms with E-state index in [1.165, 1.54) is 33.1 Å². The van der Waals surface area contributed by atoms with Gasteiger partial charge in [-0.25, -0.2) is 0 Å². The Morgan fingerprint density at radius 1 is 1.05 bits per heavy atom. The van der Waals surface area contributed by atoms with Crippen molar-refractivity contribution < 1.29 is 0 Å². The Morgan fingerprint density at radius 2 is 1.91 bits per heavy atom. The number of H-pyrrole nitrogens is 1. The number of aromatic amines is 1. The van der Waals surface area contributed by atoms with Crippen molar-refractivity contribution in [3.8, 4) is 0 Å². The lowest BCUT2D eigenvalue weighted by atomic mass is 9.92. The van der Waals surface area contributed by atoms with Crippen LogP contribution in [0.25, 0.3) is 21.8 Å². The molecule has 4 rings (SSSR count). The maximum atomic E-state index is 4.20. The van der Waals surface area contributed by atoms with Gasteiger partial charge in [0, 0.05) is 35.9 Å². The number of aromatic nitrogens is 2. The van der Waals surface area contributed by atoms with Crippen molar-refractivity contribution >= 4 is 21.8 Å². The number of benzene rings is 2. The summed E-state index contributed by atoms with van der Waals surface area (Å²) >= 11 is 0. The average molecular weight is 287 g/mol. The lowest BCUT2D eigenvalue weighted by Gasteiger charge is -2.17. The van der Waals surface area contributed by atoms with E-state index >= 15 is 0 Å². The molecule has 0 saturated carbocycles. The molecule has 0 fully saturated rings. The molecular formula is C20H19N2. The van der Waals surface area contributed by atoms with E-state index in [0.29, 0.717) is 5.92 Å². The highest BCUT2D eigenvalue weighted by Crippen LogP contribution is 2.33. The molecule has 2 nitrogen and oxygen atoms in total. The largest absolute Gasteiger partial charge is 0.361 e. The standard InChI is InChI=1S/C20H19N2/c1-3-17(14-8-9-18-15(12-14)10-11-21-18)20-13-16-6-4-5-7-19(16)22(20)2/h4-13,17,21H,1,3H2,2H3. The number of hydrogen-bond donors (Lipinski definition) is 1. The molecule has 109 valence electrons. The van der Waals surface area contributed by atoms with Gasteiger partial charge < -0.3 is 9.55 Å². The fourth-order valence-corrected chi connectivity index (χ4v) is 3.42. The van der Waals surface area contributed by atoms with Gasteiger partial charge in [0.15, 0.2) is 0 Å². The summed E-state index contributed by atoms with van der Waals surface area (Å²) in [7, 11) is 2.15. The molecule has 1 atom stereocenters. The Labute approximate surface area is 130 Å². The summed E-state index contributed by atoms with van der Waals surface area (Å²) in [6.07, 6.45) is 2.84. The molecule has 4 aromatic rings. The van der Waals surface area contributed by atoms with Gasteiger partial charge in [-0.3, -0.25) is 0 Å². The van der Waals surface area contributed by atoms with Crippen LogP contribution in [-0.4, -0.2) is 9.55 Å². The highest BCUT2D eigenvalue weighted by Gasteiger charge is 2.17. The highest BCUT2D eigenvalue weighted by atomic mass is 14.9. The van der Waals surface area contributed by atoms with Crippen molar-refractivity contribution in [1.29, 1.82) is 0 Å². The zero-order valence-electron chi connectivity index (χ0n) is 12.7. The Kier molecular flexibility index (Phi) is 3.04. The van der Waals surface area contributed by atoms with Crippen molar-refractivity contribution in [2.45, 2.75) is 12.3 Å². The smallest absolute Gasteiger partial charge is 0.0480 e. The summed E-state index contributed by atoms with van der Waals surface area (Å²) in [5.41, 5.74) is 5.11. The van der Waals surface area contributed by atoms with Crippen molar-refractivity contribution in [2.24, 2.45) is 7.05 Å². The molecule has 0 aliphatic rings. The predicted octanol–water partition coefficient (Wildman–Crippen LogP) is 5.02. The van der Waals surface area contributed by atoms with Crippen LogP contribution < -0.4 is 0 Å². The van der Waals surface area contributed by atoms with Gasteiger partial charge in [0.05, 0.1) is 0 Å². The third kappa shape index (κ3) is 1.95. The van der Waals surface area contributed by atoms with Crippen molar-refractivity contribution in [3.63, 3.8) is 0 Å². The van der Waals surface area contributed by atoms with E-state index in [-0.39, 0.29) is 0 Å². The molecule has 0 aliphatic carbocycles. The normalized spacial score (nSPS) is 13.0. The summed E-state index contributed by atoms with van der Waals surface area (Å²) in [5, 5.41) is 2.55. The monoisotopic (exact) mass is 287 g/mol. The van der Waals surface area contributed by atoms with Crippen molar-refractivity contribution in [1.82, 2.24) is 9.55 Å². The summed E-state index contributed by atoms with van der Waals surface area (Å²) in [6, 6.07) is 19.6. The molecule has 0 aliphatic heterocycles. The van der Waals surface area contributed by atoms with E-state index in [1.54, 1.807) is 0 Å². The molecule has 1 radical (unpaired) electrons. The summed E-state index contributed by atoms with van der Waals surface area (Å²) < 4.78 is 2.30. The zero-order valence-corrected chi connectivity index (χ0v) is 12.7. The minimum absolute atomic E-state index is 0.316. The first-order chi connectivity index (χ1) is 10.8. The van der Waals surface area contributed by atoms with Gasteiger partial charge in [-0.1, -0.05) is 31.2 Å². The van der Waals surface area contributed by atoms with Gasteiger partial charge in [-0.15, -0.1) is 0 Å². The minimum Gasteiger partial charge on any atom is -0.361 e. The maximum Gasteiger partial charge on any atom is 0.0480 e. The molecule has 1 N–H and O–H groups in total. The molecule has 2 heterocycles. The number of aryl methyl sites for hydroxylation is 1. The average Bonchev–Trinajstić information content (AvgIpc) is 3.14. The van der Waals surface area contributed by atoms with Gasteiger partial charge in [0.1, 0.15) is 0 Å². The fraction of sp³-hybridized carbons (Fsp3) is 0.150. The SMILES string of the molecule is [CH2]CC(c1ccc2[nH]ccc2c1)c1cc2ccccc2n1C. The van der Waals surface area contributed by atoms with Crippen LogP contribution in [-0.2, 0) is 7.05 Å². The molecule has 0 spiro atoms. The van der Waals surface area contributed by atoms with Crippen LogP contribution in [0.5, 0.6) is 0 Å². The minimum atomic E-state index is 0.316. The van der Waals surface area contributed by atoms with E-state index in [0.717, 1.165) is 6.42 Å². The van der Waals surface area contributed by atoms with Crippen LogP contribution in [0.2, 0.25) is 0 Å². The summed E-state index contributed by atoms with van der Waals surface area (Å²) in [4.78, 5) is 3.26. The molecule has 0 bridgehead atoms. The summed E-state index contributed by atoms with van der Waals surface area (Å²) in [6.45, 7) is 4.20. The van der Waals surface area contributed by atoms with Crippen LogP contribution in [0.15, 0.2) is 60.8 Å². The van der Waals surface area contributed by atoms with Crippen LogP contribution in [0.4, 0.5) is 0 Å². The Morgan fingerprint density at radius 3 is 2.73 bits per heavy atom. The third-order valence-electron chi connectivity index (χ3n) is 4.61. The molecule has 2 aromatic heterocycles. The Bertz CT molecular complexity index is 943. The Balaban J connectivity index is 1.87. The van der Waals surface area contributed by atoms with E-state index in [4.69, 9.17) is 0 Å². The van der Waals surface area contributed by atoms with Gasteiger partial charge in [-0.2, -0.15) is 0 Å². The molecule has 0 amide bonds. The molecular weight excluding hydrogens is 268 g/mol. The number of nitrogens with one attached hydrogen (secondary N) is 1. The number of fused-ring (bicyclic) bond motifs is 2. The molecule has 2 heteroatoms. The topological polar surface area (TPSA) is 20.7 Å². The third-order valence-corrected chi connectivity index (χ3v) is 4.61. The fourth-order valence-electron chi connectivity index (χ4n) is 3.42.